The number of pyridine rings is 1. The Balaban J connectivity index is 1.44. The van der Waals surface area contributed by atoms with Crippen molar-refractivity contribution in [2.75, 3.05) is 37.9 Å². The first-order valence-electron chi connectivity index (χ1n) is 11.7. The molecular weight excluding hydrogens is 464 g/mol. The smallest absolute Gasteiger partial charge is 0.360 e. The highest BCUT2D eigenvalue weighted by atomic mass is 16.5. The third-order valence-electron chi connectivity index (χ3n) is 5.80. The first kappa shape index (κ1) is 23.3. The molecule has 36 heavy (non-hydrogen) atoms. The van der Waals surface area contributed by atoms with E-state index in [1.165, 1.54) is 0 Å². The second-order valence-electron chi connectivity index (χ2n) is 8.25. The fourth-order valence-corrected chi connectivity index (χ4v) is 3.89. The number of aromatic hydroxyl groups is 1. The van der Waals surface area contributed by atoms with E-state index in [0.717, 1.165) is 11.9 Å². The second kappa shape index (κ2) is 10.1. The van der Waals surface area contributed by atoms with E-state index in [2.05, 4.69) is 15.2 Å². The Morgan fingerprint density at radius 3 is 2.64 bits per heavy atom. The Labute approximate surface area is 206 Å². The summed E-state index contributed by atoms with van der Waals surface area (Å²) in [4.78, 5) is 18.1. The normalized spacial score (nSPS) is 13.6. The van der Waals surface area contributed by atoms with E-state index in [0.29, 0.717) is 55.1 Å². The van der Waals surface area contributed by atoms with E-state index in [1.807, 2.05) is 24.1 Å². The van der Waals surface area contributed by atoms with Crippen molar-refractivity contribution in [1.82, 2.24) is 20.1 Å². The molecule has 2 aromatic carbocycles. The molecule has 11 nitrogen and oxygen atoms in total. The van der Waals surface area contributed by atoms with Gasteiger partial charge in [-0.1, -0.05) is 18.3 Å². The van der Waals surface area contributed by atoms with Gasteiger partial charge in [0.2, 0.25) is 0 Å². The fraction of sp³-hybridized carbons (Fsp3) is 0.320. The van der Waals surface area contributed by atoms with Crippen LogP contribution in [0.4, 0.5) is 0 Å². The molecule has 3 heterocycles. The third-order valence-corrected chi connectivity index (χ3v) is 5.80. The number of unbranched alkanes of at least 4 members (excludes halogenated alkanes) is 1. The van der Waals surface area contributed by atoms with Crippen LogP contribution in [0.5, 0.6) is 17.2 Å². The van der Waals surface area contributed by atoms with E-state index in [1.54, 1.807) is 35.2 Å². The van der Waals surface area contributed by atoms with Crippen molar-refractivity contribution in [3.63, 3.8) is 0 Å². The summed E-state index contributed by atoms with van der Waals surface area (Å²) in [6, 6.07) is 12.2. The van der Waals surface area contributed by atoms with Gasteiger partial charge >= 0.3 is 5.97 Å². The minimum atomic E-state index is -0.778. The minimum Gasteiger partial charge on any atom is -0.505 e. The summed E-state index contributed by atoms with van der Waals surface area (Å²) in [6.45, 7) is 4.85. The van der Waals surface area contributed by atoms with Crippen LogP contribution >= 0.6 is 0 Å². The maximum absolute atomic E-state index is 12.5. The average Bonchev–Trinajstić information content (AvgIpc) is 3.33. The number of morpholine rings is 1. The largest absolute Gasteiger partial charge is 0.505 e. The van der Waals surface area contributed by atoms with E-state index in [-0.39, 0.29) is 29.1 Å². The average molecular weight is 489 g/mol. The first-order valence-corrected chi connectivity index (χ1v) is 11.7. The lowest BCUT2D eigenvalue weighted by Crippen LogP contribution is -2.45. The number of carbonyl (C=O) groups excluding carboxylic acids is 1. The van der Waals surface area contributed by atoms with Crippen molar-refractivity contribution < 1.29 is 24.1 Å². The topological polar surface area (TPSA) is 136 Å². The maximum atomic E-state index is 12.5. The maximum Gasteiger partial charge on any atom is 0.360 e. The van der Waals surface area contributed by atoms with E-state index >= 15 is 0 Å². The van der Waals surface area contributed by atoms with Crippen LogP contribution in [-0.4, -0.2) is 64.1 Å². The van der Waals surface area contributed by atoms with E-state index in [4.69, 9.17) is 14.2 Å². The highest BCUT2D eigenvalue weighted by molar-refractivity contribution is 6.01. The Hall–Kier alpha value is -4.43. The Morgan fingerprint density at radius 1 is 1.11 bits per heavy atom. The van der Waals surface area contributed by atoms with Crippen LogP contribution in [-0.2, 0) is 9.47 Å². The zero-order valence-electron chi connectivity index (χ0n) is 19.7. The van der Waals surface area contributed by atoms with Gasteiger partial charge in [0.15, 0.2) is 11.4 Å². The van der Waals surface area contributed by atoms with Gasteiger partial charge in [0.25, 0.3) is 0 Å². The molecule has 0 radical (unpaired) electrons. The summed E-state index contributed by atoms with van der Waals surface area (Å²) in [6.07, 6.45) is 1.54. The lowest BCUT2D eigenvalue weighted by Gasteiger charge is -2.26. The number of ether oxygens (including phenoxy) is 3. The van der Waals surface area contributed by atoms with Gasteiger partial charge in [-0.3, -0.25) is 5.01 Å². The van der Waals surface area contributed by atoms with E-state index < -0.39 is 5.97 Å². The fourth-order valence-electron chi connectivity index (χ4n) is 3.89. The number of fused-ring (bicyclic) bond motifs is 2. The zero-order valence-corrected chi connectivity index (χ0v) is 19.7. The first-order chi connectivity index (χ1) is 17.6. The molecule has 0 unspecified atom stereocenters. The molecule has 1 aliphatic heterocycles. The molecule has 2 aromatic heterocycles. The number of hydrogen-bond acceptors (Lipinski definition) is 10. The number of hydrogen-bond donors (Lipinski definition) is 1. The Kier molecular flexibility index (Phi) is 6.51. The van der Waals surface area contributed by atoms with Crippen LogP contribution in [0.15, 0.2) is 36.4 Å². The number of aromatic nitrogens is 4. The van der Waals surface area contributed by atoms with Gasteiger partial charge in [0.05, 0.1) is 32.9 Å². The SMILES string of the molecule is CCCCOC(=O)c1nc(C#N)c2ccc(Oc3ccc4nn(N5CCOCC5)nc4c3)cc2c1O. The molecule has 5 rings (SSSR count). The van der Waals surface area contributed by atoms with Gasteiger partial charge in [0.1, 0.15) is 34.3 Å². The van der Waals surface area contributed by atoms with Crippen molar-refractivity contribution >= 4 is 27.8 Å². The van der Waals surface area contributed by atoms with Gasteiger partial charge < -0.3 is 19.3 Å². The number of carbonyl (C=O) groups is 1. The summed E-state index contributed by atoms with van der Waals surface area (Å²) >= 11 is 0. The quantitative estimate of drug-likeness (QED) is 0.305. The molecule has 1 saturated heterocycles. The summed E-state index contributed by atoms with van der Waals surface area (Å²) in [5, 5.41) is 32.1. The molecule has 4 aromatic rings. The van der Waals surface area contributed by atoms with Gasteiger partial charge in [-0.15, -0.1) is 10.2 Å². The number of rotatable bonds is 7. The highest BCUT2D eigenvalue weighted by Crippen LogP contribution is 2.34. The molecule has 11 heteroatoms. The highest BCUT2D eigenvalue weighted by Gasteiger charge is 2.21. The molecule has 184 valence electrons. The molecule has 0 aliphatic carbocycles. The number of nitriles is 1. The standard InChI is InChI=1S/C25H24N6O5/c1-2-3-10-35-25(33)23-24(32)19-13-16(4-6-18(19)22(15-26)27-23)36-17-5-7-20-21(14-17)29-31(28-20)30-8-11-34-12-9-30/h4-7,13-14,32H,2-3,8-12H2,1H3. The van der Waals surface area contributed by atoms with Crippen LogP contribution in [0.1, 0.15) is 35.9 Å². The lowest BCUT2D eigenvalue weighted by molar-refractivity contribution is 0.0489. The van der Waals surface area contributed by atoms with Crippen LogP contribution in [0.2, 0.25) is 0 Å². The predicted octanol–water partition coefficient (Wildman–Crippen LogP) is 3.27. The second-order valence-corrected chi connectivity index (χ2v) is 8.25. The minimum absolute atomic E-state index is 0.0120. The third kappa shape index (κ3) is 4.58. The van der Waals surface area contributed by atoms with Crippen molar-refractivity contribution in [3.05, 3.63) is 47.8 Å². The molecule has 0 bridgehead atoms. The zero-order chi connectivity index (χ0) is 25.1. The summed E-state index contributed by atoms with van der Waals surface area (Å²) in [5.41, 5.74) is 1.10. The number of nitrogens with zero attached hydrogens (tertiary/aromatic N) is 6. The Bertz CT molecular complexity index is 1470. The molecule has 1 aliphatic rings. The van der Waals surface area contributed by atoms with Gasteiger partial charge in [-0.2, -0.15) is 5.26 Å². The van der Waals surface area contributed by atoms with Gasteiger partial charge in [-0.25, -0.2) is 9.78 Å². The molecule has 0 atom stereocenters. The number of benzene rings is 2. The molecule has 1 N–H and O–H groups in total. The molecule has 0 amide bonds. The van der Waals surface area contributed by atoms with Crippen LogP contribution < -0.4 is 9.75 Å². The molecule has 0 spiro atoms. The van der Waals surface area contributed by atoms with Crippen molar-refractivity contribution in [3.8, 4) is 23.3 Å². The summed E-state index contributed by atoms with van der Waals surface area (Å²) < 4.78 is 16.6. The van der Waals surface area contributed by atoms with Gasteiger partial charge in [0, 0.05) is 16.8 Å². The summed E-state index contributed by atoms with van der Waals surface area (Å²) in [7, 11) is 0. The van der Waals surface area contributed by atoms with Crippen LogP contribution in [0.3, 0.4) is 0 Å². The summed E-state index contributed by atoms with van der Waals surface area (Å²) in [5.74, 6) is -0.221. The Morgan fingerprint density at radius 2 is 1.86 bits per heavy atom. The predicted molar refractivity (Wildman–Crippen MR) is 130 cm³/mol. The monoisotopic (exact) mass is 488 g/mol. The van der Waals surface area contributed by atoms with Crippen molar-refractivity contribution in [2.24, 2.45) is 0 Å². The van der Waals surface area contributed by atoms with Gasteiger partial charge in [-0.05, 0) is 36.8 Å². The molecule has 0 saturated carbocycles. The van der Waals surface area contributed by atoms with Crippen LogP contribution in [0, 0.1) is 11.3 Å². The van der Waals surface area contributed by atoms with E-state index in [9.17, 15) is 15.2 Å². The lowest BCUT2D eigenvalue weighted by atomic mass is 10.1. The number of esters is 1. The molecule has 1 fully saturated rings. The van der Waals surface area contributed by atoms with Crippen molar-refractivity contribution in [1.29, 1.82) is 5.26 Å². The molecular formula is C25H24N6O5. The van der Waals surface area contributed by atoms with Crippen LogP contribution in [0.25, 0.3) is 21.8 Å². The van der Waals surface area contributed by atoms with Crippen molar-refractivity contribution in [2.45, 2.75) is 19.8 Å².